The van der Waals surface area contributed by atoms with Gasteiger partial charge in [0.2, 0.25) is 10.0 Å². The van der Waals surface area contributed by atoms with Crippen molar-refractivity contribution in [3.63, 3.8) is 0 Å². The lowest BCUT2D eigenvalue weighted by Crippen LogP contribution is -2.36. The smallest absolute Gasteiger partial charge is 0.212 e. The highest BCUT2D eigenvalue weighted by Crippen LogP contribution is 2.25. The van der Waals surface area contributed by atoms with Gasteiger partial charge >= 0.3 is 0 Å². The Kier molecular flexibility index (Phi) is 3.66. The van der Waals surface area contributed by atoms with Crippen LogP contribution in [-0.4, -0.2) is 25.0 Å². The van der Waals surface area contributed by atoms with E-state index in [9.17, 15) is 8.42 Å². The first-order valence-electron chi connectivity index (χ1n) is 5.66. The lowest BCUT2D eigenvalue weighted by Gasteiger charge is -2.26. The van der Waals surface area contributed by atoms with Gasteiger partial charge in [-0.15, -0.1) is 11.3 Å². The molecule has 2 heterocycles. The van der Waals surface area contributed by atoms with Crippen LogP contribution in [-0.2, 0) is 23.0 Å². The van der Waals surface area contributed by atoms with Crippen LogP contribution in [0.2, 0.25) is 0 Å². The molecule has 1 aliphatic heterocycles. The second-order valence-electron chi connectivity index (χ2n) is 4.12. The topological polar surface area (TPSA) is 37.4 Å². The number of thiophene rings is 1. The molecule has 16 heavy (non-hydrogen) atoms. The number of sulfonamides is 1. The summed E-state index contributed by atoms with van der Waals surface area (Å²) in [6, 6.07) is 2.04. The Morgan fingerprint density at radius 3 is 3.06 bits per heavy atom. The first-order valence-corrected chi connectivity index (χ1v) is 8.15. The van der Waals surface area contributed by atoms with Crippen molar-refractivity contribution in [2.45, 2.75) is 32.7 Å². The minimum absolute atomic E-state index is 0.295. The minimum Gasteiger partial charge on any atom is -0.212 e. The fourth-order valence-electron chi connectivity index (χ4n) is 1.92. The van der Waals surface area contributed by atoms with Gasteiger partial charge in [0.15, 0.2) is 0 Å². The molecule has 0 spiro atoms. The number of rotatable bonds is 4. The summed E-state index contributed by atoms with van der Waals surface area (Å²) in [6.07, 6.45) is 2.56. The molecule has 0 aromatic carbocycles. The molecule has 1 aliphatic rings. The molecule has 90 valence electrons. The highest BCUT2D eigenvalue weighted by atomic mass is 32.2. The molecular weight excluding hydrogens is 242 g/mol. The van der Waals surface area contributed by atoms with Crippen LogP contribution >= 0.6 is 11.3 Å². The van der Waals surface area contributed by atoms with Gasteiger partial charge in [0, 0.05) is 18.0 Å². The van der Waals surface area contributed by atoms with Crippen molar-refractivity contribution in [2.75, 3.05) is 12.3 Å². The Balaban J connectivity index is 2.08. The molecule has 0 bridgehead atoms. The molecule has 0 saturated carbocycles. The molecule has 0 aliphatic carbocycles. The van der Waals surface area contributed by atoms with Crippen molar-refractivity contribution in [1.82, 2.24) is 4.31 Å². The zero-order valence-electron chi connectivity index (χ0n) is 9.48. The first kappa shape index (κ1) is 12.1. The van der Waals surface area contributed by atoms with E-state index in [0.717, 1.165) is 19.3 Å². The van der Waals surface area contributed by atoms with Crippen LogP contribution in [0.5, 0.6) is 0 Å². The zero-order valence-corrected chi connectivity index (χ0v) is 11.1. The summed E-state index contributed by atoms with van der Waals surface area (Å²) in [5.41, 5.74) is 1.19. The quantitative estimate of drug-likeness (QED) is 0.831. The Bertz CT molecular complexity index is 450. The number of hydrogen-bond acceptors (Lipinski definition) is 3. The zero-order chi connectivity index (χ0) is 11.6. The van der Waals surface area contributed by atoms with Gasteiger partial charge in [-0.3, -0.25) is 0 Å². The lowest BCUT2D eigenvalue weighted by molar-refractivity contribution is 0.393. The summed E-state index contributed by atoms with van der Waals surface area (Å²) < 4.78 is 25.6. The largest absolute Gasteiger partial charge is 0.214 e. The molecule has 0 amide bonds. The van der Waals surface area contributed by atoms with Gasteiger partial charge in [-0.05, 0) is 29.9 Å². The molecule has 0 saturated heterocycles. The third-order valence-corrected chi connectivity index (χ3v) is 5.85. The standard InChI is InChI=1S/C11H17NO2S2/c1-2-3-8-16(13,14)12-6-4-11-10(9-12)5-7-15-11/h5,7H,2-4,6,8-9H2,1H3. The minimum atomic E-state index is -3.03. The average molecular weight is 259 g/mol. The van der Waals surface area contributed by atoms with Crippen LogP contribution in [0.15, 0.2) is 11.4 Å². The number of unbranched alkanes of at least 4 members (excludes halogenated alkanes) is 1. The molecule has 0 atom stereocenters. The van der Waals surface area contributed by atoms with E-state index in [1.807, 2.05) is 18.4 Å². The van der Waals surface area contributed by atoms with E-state index in [1.54, 1.807) is 15.6 Å². The average Bonchev–Trinajstić information content (AvgIpc) is 2.73. The Morgan fingerprint density at radius 2 is 2.31 bits per heavy atom. The summed E-state index contributed by atoms with van der Waals surface area (Å²) in [4.78, 5) is 1.35. The maximum absolute atomic E-state index is 12.0. The normalized spacial score (nSPS) is 17.3. The third-order valence-electron chi connectivity index (χ3n) is 2.92. The van der Waals surface area contributed by atoms with Crippen molar-refractivity contribution in [3.05, 3.63) is 21.9 Å². The molecule has 0 fully saturated rings. The summed E-state index contributed by atoms with van der Waals surface area (Å²) in [5, 5.41) is 2.05. The lowest BCUT2D eigenvalue weighted by atomic mass is 10.1. The monoisotopic (exact) mass is 259 g/mol. The van der Waals surface area contributed by atoms with Crippen molar-refractivity contribution < 1.29 is 8.42 Å². The summed E-state index contributed by atoms with van der Waals surface area (Å²) >= 11 is 1.73. The van der Waals surface area contributed by atoms with Crippen molar-refractivity contribution in [3.8, 4) is 0 Å². The second kappa shape index (κ2) is 4.85. The van der Waals surface area contributed by atoms with Crippen LogP contribution < -0.4 is 0 Å². The van der Waals surface area contributed by atoms with Gasteiger partial charge in [-0.1, -0.05) is 13.3 Å². The van der Waals surface area contributed by atoms with Crippen molar-refractivity contribution >= 4 is 21.4 Å². The highest BCUT2D eigenvalue weighted by Gasteiger charge is 2.26. The Labute approximate surface area is 101 Å². The van der Waals surface area contributed by atoms with Crippen LogP contribution in [0.4, 0.5) is 0 Å². The molecule has 0 unspecified atom stereocenters. The number of fused-ring (bicyclic) bond motifs is 1. The summed E-state index contributed by atoms with van der Waals surface area (Å²) in [6.45, 7) is 3.24. The van der Waals surface area contributed by atoms with Crippen molar-refractivity contribution in [1.29, 1.82) is 0 Å². The molecule has 2 rings (SSSR count). The molecule has 3 nitrogen and oxygen atoms in total. The first-order chi connectivity index (χ1) is 7.63. The molecule has 5 heteroatoms. The molecule has 1 aromatic rings. The fourth-order valence-corrected chi connectivity index (χ4v) is 4.42. The highest BCUT2D eigenvalue weighted by molar-refractivity contribution is 7.89. The van der Waals surface area contributed by atoms with E-state index >= 15 is 0 Å². The second-order valence-corrected chi connectivity index (χ2v) is 7.21. The van der Waals surface area contributed by atoms with E-state index in [1.165, 1.54) is 10.4 Å². The van der Waals surface area contributed by atoms with Crippen LogP contribution in [0.3, 0.4) is 0 Å². The van der Waals surface area contributed by atoms with E-state index in [-0.39, 0.29) is 0 Å². The van der Waals surface area contributed by atoms with Gasteiger partial charge in [-0.2, -0.15) is 4.31 Å². The maximum atomic E-state index is 12.0. The molecule has 0 N–H and O–H groups in total. The van der Waals surface area contributed by atoms with E-state index in [0.29, 0.717) is 18.8 Å². The van der Waals surface area contributed by atoms with Crippen LogP contribution in [0.1, 0.15) is 30.2 Å². The Hall–Kier alpha value is -0.390. The van der Waals surface area contributed by atoms with Crippen molar-refractivity contribution in [2.24, 2.45) is 0 Å². The maximum Gasteiger partial charge on any atom is 0.214 e. The van der Waals surface area contributed by atoms with Gasteiger partial charge in [0.1, 0.15) is 0 Å². The van der Waals surface area contributed by atoms with Gasteiger partial charge in [-0.25, -0.2) is 8.42 Å². The summed E-state index contributed by atoms with van der Waals surface area (Å²) in [7, 11) is -3.03. The van der Waals surface area contributed by atoms with Gasteiger partial charge in [0.25, 0.3) is 0 Å². The van der Waals surface area contributed by atoms with Crippen LogP contribution in [0.25, 0.3) is 0 Å². The van der Waals surface area contributed by atoms with E-state index in [4.69, 9.17) is 0 Å². The van der Waals surface area contributed by atoms with E-state index < -0.39 is 10.0 Å². The van der Waals surface area contributed by atoms with Crippen LogP contribution in [0, 0.1) is 0 Å². The predicted octanol–water partition coefficient (Wildman–Crippen LogP) is 2.24. The number of hydrogen-bond donors (Lipinski definition) is 0. The molecular formula is C11H17NO2S2. The molecule has 1 aromatic heterocycles. The molecule has 0 radical (unpaired) electrons. The summed E-state index contributed by atoms with van der Waals surface area (Å²) in [5.74, 6) is 0.295. The van der Waals surface area contributed by atoms with E-state index in [2.05, 4.69) is 0 Å². The fraction of sp³-hybridized carbons (Fsp3) is 0.636. The predicted molar refractivity (Wildman–Crippen MR) is 67.1 cm³/mol. The number of nitrogens with zero attached hydrogens (tertiary/aromatic N) is 1. The van der Waals surface area contributed by atoms with Gasteiger partial charge < -0.3 is 0 Å². The van der Waals surface area contributed by atoms with Gasteiger partial charge in [0.05, 0.1) is 5.75 Å². The Morgan fingerprint density at radius 1 is 1.50 bits per heavy atom. The third kappa shape index (κ3) is 2.47. The SMILES string of the molecule is CCCCS(=O)(=O)N1CCc2sccc2C1.